The van der Waals surface area contributed by atoms with E-state index in [0.29, 0.717) is 0 Å². The normalized spacial score (nSPS) is 14.2. The molecule has 79 valence electrons. The molecule has 0 saturated carbocycles. The predicted molar refractivity (Wildman–Crippen MR) is 52.7 cm³/mol. The van der Waals surface area contributed by atoms with E-state index in [2.05, 4.69) is 6.92 Å². The fourth-order valence-corrected chi connectivity index (χ4v) is 1.36. The number of carboxylic acid groups (broad SMARTS) is 1. The third-order valence-electron chi connectivity index (χ3n) is 2.28. The van der Waals surface area contributed by atoms with Crippen molar-refractivity contribution in [3.63, 3.8) is 0 Å². The average molecular weight is 208 g/mol. The summed E-state index contributed by atoms with van der Waals surface area (Å²) in [4.78, 5) is 21.1. The number of hydrogen-bond donors (Lipinski definition) is 1. The van der Waals surface area contributed by atoms with E-state index in [4.69, 9.17) is 5.11 Å². The second-order valence-corrected chi connectivity index (χ2v) is 3.04. The summed E-state index contributed by atoms with van der Waals surface area (Å²) in [6.07, 6.45) is -0.334. The molecule has 1 aromatic carbocycles. The van der Waals surface area contributed by atoms with E-state index in [-0.39, 0.29) is 12.0 Å². The minimum absolute atomic E-state index is 0.137. The van der Waals surface area contributed by atoms with E-state index in [1.807, 2.05) is 0 Å². The molecule has 1 radical (unpaired) electrons. The van der Waals surface area contributed by atoms with Gasteiger partial charge in [0.15, 0.2) is 0 Å². The Morgan fingerprint density at radius 1 is 1.47 bits per heavy atom. The third-order valence-corrected chi connectivity index (χ3v) is 2.28. The highest BCUT2D eigenvalue weighted by molar-refractivity contribution is 5.79. The topological polar surface area (TPSA) is 80.4 Å². The van der Waals surface area contributed by atoms with Gasteiger partial charge in [0, 0.05) is 16.9 Å². The van der Waals surface area contributed by atoms with Crippen LogP contribution in [0.2, 0.25) is 0 Å². The molecule has 5 heteroatoms. The molecule has 0 aliphatic rings. The molecule has 0 fully saturated rings. The van der Waals surface area contributed by atoms with Gasteiger partial charge in [-0.05, 0) is 6.92 Å². The zero-order valence-electron chi connectivity index (χ0n) is 7.92. The van der Waals surface area contributed by atoms with Crippen LogP contribution in [-0.4, -0.2) is 16.0 Å². The smallest absolute Gasteiger partial charge is 0.387 e. The van der Waals surface area contributed by atoms with Crippen molar-refractivity contribution in [2.45, 2.75) is 12.0 Å². The summed E-state index contributed by atoms with van der Waals surface area (Å²) in [5.41, 5.74) is -2.00. The van der Waals surface area contributed by atoms with E-state index in [9.17, 15) is 14.9 Å². The molecular weight excluding hydrogens is 198 g/mol. The first kappa shape index (κ1) is 11.2. The molecule has 1 aromatic rings. The van der Waals surface area contributed by atoms with Crippen molar-refractivity contribution < 1.29 is 14.8 Å². The van der Waals surface area contributed by atoms with Gasteiger partial charge in [0.05, 0.1) is 0 Å². The van der Waals surface area contributed by atoms with E-state index in [1.165, 1.54) is 12.1 Å². The molecule has 0 heterocycles. The first-order valence-corrected chi connectivity index (χ1v) is 4.28. The Kier molecular flexibility index (Phi) is 3.04. The molecule has 0 saturated heterocycles. The Balaban J connectivity index is 3.35. The van der Waals surface area contributed by atoms with Gasteiger partial charge in [-0.3, -0.25) is 10.1 Å². The van der Waals surface area contributed by atoms with Crippen LogP contribution in [0.3, 0.4) is 0 Å². The van der Waals surface area contributed by atoms with Crippen LogP contribution in [0.4, 0.5) is 0 Å². The summed E-state index contributed by atoms with van der Waals surface area (Å²) < 4.78 is 0. The first-order valence-electron chi connectivity index (χ1n) is 4.28. The van der Waals surface area contributed by atoms with Gasteiger partial charge in [-0.25, -0.2) is 4.79 Å². The predicted octanol–water partition coefficient (Wildman–Crippen LogP) is 1.47. The van der Waals surface area contributed by atoms with E-state index >= 15 is 0 Å². The van der Waals surface area contributed by atoms with Crippen molar-refractivity contribution in [1.29, 1.82) is 0 Å². The van der Waals surface area contributed by atoms with E-state index < -0.39 is 16.4 Å². The fraction of sp³-hybridized carbons (Fsp3) is 0.200. The highest BCUT2D eigenvalue weighted by Gasteiger charge is 2.51. The number of nitrogens with zero attached hydrogens (tertiary/aromatic N) is 1. The van der Waals surface area contributed by atoms with Gasteiger partial charge in [0.25, 0.3) is 0 Å². The summed E-state index contributed by atoms with van der Waals surface area (Å²) in [5, 5.41) is 19.8. The lowest BCUT2D eigenvalue weighted by molar-refractivity contribution is -0.563. The van der Waals surface area contributed by atoms with Crippen molar-refractivity contribution in [3.8, 4) is 0 Å². The minimum Gasteiger partial charge on any atom is -0.476 e. The lowest BCUT2D eigenvalue weighted by Crippen LogP contribution is -2.42. The largest absolute Gasteiger partial charge is 0.476 e. The molecule has 1 unspecified atom stereocenters. The maximum atomic E-state index is 11.0. The first-order chi connectivity index (χ1) is 7.05. The van der Waals surface area contributed by atoms with Gasteiger partial charge in [-0.15, -0.1) is 0 Å². The number of aliphatic carboxylic acids is 1. The summed E-state index contributed by atoms with van der Waals surface area (Å²) in [6, 6.07) is 7.63. The molecule has 0 spiro atoms. The van der Waals surface area contributed by atoms with Gasteiger partial charge in [-0.2, -0.15) is 0 Å². The molecule has 1 atom stereocenters. The number of carbonyl (C=O) groups is 1. The Morgan fingerprint density at radius 2 is 2.00 bits per heavy atom. The molecule has 0 aliphatic carbocycles. The van der Waals surface area contributed by atoms with Gasteiger partial charge in [0.1, 0.15) is 0 Å². The number of hydrogen-bond acceptors (Lipinski definition) is 3. The van der Waals surface area contributed by atoms with Crippen LogP contribution in [-0.2, 0) is 10.3 Å². The number of benzene rings is 1. The summed E-state index contributed by atoms with van der Waals surface area (Å²) >= 11 is 0. The van der Waals surface area contributed by atoms with E-state index in [1.54, 1.807) is 18.2 Å². The number of carboxylic acids is 1. The Bertz CT molecular complexity index is 360. The summed E-state index contributed by atoms with van der Waals surface area (Å²) in [7, 11) is 0. The summed E-state index contributed by atoms with van der Waals surface area (Å²) in [6.45, 7) is 3.35. The van der Waals surface area contributed by atoms with Crippen LogP contribution in [0.25, 0.3) is 0 Å². The lowest BCUT2D eigenvalue weighted by Gasteiger charge is -2.19. The molecule has 0 aliphatic heterocycles. The molecule has 0 aromatic heterocycles. The van der Waals surface area contributed by atoms with Crippen LogP contribution in [0, 0.1) is 17.0 Å². The molecule has 0 amide bonds. The maximum absolute atomic E-state index is 11.0. The average Bonchev–Trinajstić information content (AvgIpc) is 2.20. The van der Waals surface area contributed by atoms with Gasteiger partial charge in [0.2, 0.25) is 0 Å². The maximum Gasteiger partial charge on any atom is 0.387 e. The highest BCUT2D eigenvalue weighted by Crippen LogP contribution is 2.28. The second kappa shape index (κ2) is 4.08. The number of rotatable bonds is 4. The SMILES string of the molecule is [CH2]CC(C(=O)O)(c1ccccc1)[N+](=O)[O-]. The zero-order valence-corrected chi connectivity index (χ0v) is 7.92. The van der Waals surface area contributed by atoms with Crippen molar-refractivity contribution in [2.75, 3.05) is 0 Å². The highest BCUT2D eigenvalue weighted by atomic mass is 16.6. The van der Waals surface area contributed by atoms with Crippen LogP contribution < -0.4 is 0 Å². The van der Waals surface area contributed by atoms with Crippen molar-refractivity contribution in [2.24, 2.45) is 0 Å². The van der Waals surface area contributed by atoms with E-state index in [0.717, 1.165) is 0 Å². The van der Waals surface area contributed by atoms with Crippen molar-refractivity contribution in [1.82, 2.24) is 0 Å². The lowest BCUT2D eigenvalue weighted by atomic mass is 9.88. The fourth-order valence-electron chi connectivity index (χ4n) is 1.36. The zero-order chi connectivity index (χ0) is 11.5. The van der Waals surface area contributed by atoms with Gasteiger partial charge >= 0.3 is 11.5 Å². The molecule has 1 N–H and O–H groups in total. The monoisotopic (exact) mass is 208 g/mol. The quantitative estimate of drug-likeness (QED) is 0.600. The molecule has 5 nitrogen and oxygen atoms in total. The minimum atomic E-state index is -2.14. The van der Waals surface area contributed by atoms with Crippen molar-refractivity contribution >= 4 is 5.97 Å². The van der Waals surface area contributed by atoms with Gasteiger partial charge in [-0.1, -0.05) is 30.3 Å². The summed E-state index contributed by atoms with van der Waals surface area (Å²) in [5.74, 6) is -1.49. The van der Waals surface area contributed by atoms with Crippen LogP contribution in [0.5, 0.6) is 0 Å². The van der Waals surface area contributed by atoms with Crippen LogP contribution in [0.1, 0.15) is 12.0 Å². The molecular formula is C10H10NO4. The Hall–Kier alpha value is -1.91. The number of nitro groups is 1. The van der Waals surface area contributed by atoms with Gasteiger partial charge < -0.3 is 5.11 Å². The standard InChI is InChI=1S/C10H10NO4/c1-2-10(9(12)13,11(14)15)8-6-4-3-5-7-8/h3-7H,1-2H2,(H,12,13). The van der Waals surface area contributed by atoms with Crippen LogP contribution in [0.15, 0.2) is 30.3 Å². The second-order valence-electron chi connectivity index (χ2n) is 3.04. The molecule has 1 rings (SSSR count). The molecule has 0 bridgehead atoms. The van der Waals surface area contributed by atoms with Crippen molar-refractivity contribution in [3.05, 3.63) is 52.9 Å². The third kappa shape index (κ3) is 1.68. The Labute approximate surface area is 86.5 Å². The molecule has 15 heavy (non-hydrogen) atoms. The van der Waals surface area contributed by atoms with Crippen LogP contribution >= 0.6 is 0 Å². The Morgan fingerprint density at radius 3 is 2.33 bits per heavy atom.